The summed E-state index contributed by atoms with van der Waals surface area (Å²) in [6, 6.07) is 5.86. The van der Waals surface area contributed by atoms with E-state index in [1.165, 1.54) is 6.42 Å². The molecular formula is C20H26N4O3. The van der Waals surface area contributed by atoms with Crippen LogP contribution in [0.25, 0.3) is 0 Å². The van der Waals surface area contributed by atoms with E-state index < -0.39 is 0 Å². The van der Waals surface area contributed by atoms with Crippen molar-refractivity contribution >= 4 is 11.9 Å². The maximum absolute atomic E-state index is 12.4. The lowest BCUT2D eigenvalue weighted by Gasteiger charge is -2.26. The highest BCUT2D eigenvalue weighted by Gasteiger charge is 2.18. The zero-order valence-corrected chi connectivity index (χ0v) is 15.9. The van der Waals surface area contributed by atoms with E-state index in [1.54, 1.807) is 26.6 Å². The Kier molecular flexibility index (Phi) is 6.46. The molecule has 7 nitrogen and oxygen atoms in total. The molecule has 0 spiro atoms. The first-order valence-corrected chi connectivity index (χ1v) is 9.27. The Morgan fingerprint density at radius 3 is 2.44 bits per heavy atom. The van der Waals surface area contributed by atoms with Gasteiger partial charge in [-0.25, -0.2) is 9.97 Å². The summed E-state index contributed by atoms with van der Waals surface area (Å²) >= 11 is 0. The Labute approximate surface area is 159 Å². The van der Waals surface area contributed by atoms with Crippen molar-refractivity contribution < 1.29 is 14.3 Å². The van der Waals surface area contributed by atoms with Gasteiger partial charge in [0.25, 0.3) is 5.91 Å². The van der Waals surface area contributed by atoms with E-state index in [2.05, 4.69) is 15.3 Å². The molecule has 0 bridgehead atoms. The number of ether oxygens (including phenoxy) is 2. The number of hydrogen-bond acceptors (Lipinski definition) is 6. The zero-order valence-electron chi connectivity index (χ0n) is 15.9. The van der Waals surface area contributed by atoms with Crippen LogP contribution in [0.4, 0.5) is 5.95 Å². The lowest BCUT2D eigenvalue weighted by molar-refractivity contribution is 0.0723. The van der Waals surface area contributed by atoms with Crippen molar-refractivity contribution in [2.75, 3.05) is 39.2 Å². The van der Waals surface area contributed by atoms with Crippen molar-refractivity contribution in [3.05, 3.63) is 41.7 Å². The molecule has 2 aromatic rings. The van der Waals surface area contributed by atoms with E-state index in [0.29, 0.717) is 29.6 Å². The first-order chi connectivity index (χ1) is 13.2. The largest absolute Gasteiger partial charge is 0.493 e. The third kappa shape index (κ3) is 4.87. The van der Waals surface area contributed by atoms with Gasteiger partial charge in [0.05, 0.1) is 19.8 Å². The fraction of sp³-hybridized carbons (Fsp3) is 0.450. The van der Waals surface area contributed by atoms with Gasteiger partial charge in [0.15, 0.2) is 11.5 Å². The van der Waals surface area contributed by atoms with Crippen LogP contribution in [0, 0.1) is 0 Å². The first kappa shape index (κ1) is 18.9. The number of benzene rings is 1. The van der Waals surface area contributed by atoms with E-state index in [9.17, 15) is 4.79 Å². The molecule has 0 unspecified atom stereocenters. The van der Waals surface area contributed by atoms with Crippen LogP contribution >= 0.6 is 0 Å². The number of amides is 1. The fourth-order valence-electron chi connectivity index (χ4n) is 3.16. The third-order valence-electron chi connectivity index (χ3n) is 4.69. The summed E-state index contributed by atoms with van der Waals surface area (Å²) in [5.41, 5.74) is 1.67. The van der Waals surface area contributed by atoms with Gasteiger partial charge in [-0.2, -0.15) is 0 Å². The second-order valence-electron chi connectivity index (χ2n) is 6.51. The fourth-order valence-corrected chi connectivity index (χ4v) is 3.16. The average Bonchev–Trinajstić information content (AvgIpc) is 2.74. The molecule has 3 rings (SSSR count). The first-order valence-electron chi connectivity index (χ1n) is 9.27. The monoisotopic (exact) mass is 370 g/mol. The lowest BCUT2D eigenvalue weighted by atomic mass is 10.1. The number of likely N-dealkylation sites (tertiary alicyclic amines) is 1. The summed E-state index contributed by atoms with van der Waals surface area (Å²) in [6.07, 6.45) is 7.33. The number of hydrogen-bond donors (Lipinski definition) is 1. The molecule has 1 fully saturated rings. The highest BCUT2D eigenvalue weighted by molar-refractivity contribution is 5.93. The molecule has 1 N–H and O–H groups in total. The number of aromatic nitrogens is 2. The number of methoxy groups -OCH3 is 2. The molecular weight excluding hydrogens is 344 g/mol. The van der Waals surface area contributed by atoms with Gasteiger partial charge in [0, 0.05) is 32.0 Å². The maximum atomic E-state index is 12.4. The molecule has 0 atom stereocenters. The summed E-state index contributed by atoms with van der Waals surface area (Å²) in [5.74, 6) is 1.97. The third-order valence-corrected chi connectivity index (χ3v) is 4.69. The molecule has 1 saturated heterocycles. The van der Waals surface area contributed by atoms with Gasteiger partial charge < -0.3 is 19.7 Å². The number of carbonyl (C=O) groups is 1. The van der Waals surface area contributed by atoms with E-state index >= 15 is 0 Å². The number of carbonyl (C=O) groups excluding carboxylic acids is 1. The van der Waals surface area contributed by atoms with Crippen molar-refractivity contribution in [2.24, 2.45) is 0 Å². The Morgan fingerprint density at radius 1 is 1.07 bits per heavy atom. The number of piperidine rings is 1. The van der Waals surface area contributed by atoms with Crippen LogP contribution in [-0.2, 0) is 6.42 Å². The molecule has 1 aromatic heterocycles. The second kappa shape index (κ2) is 9.21. The molecule has 0 aliphatic carbocycles. The van der Waals surface area contributed by atoms with Crippen LogP contribution < -0.4 is 14.8 Å². The van der Waals surface area contributed by atoms with Gasteiger partial charge in [0.1, 0.15) is 0 Å². The predicted molar refractivity (Wildman–Crippen MR) is 104 cm³/mol. The van der Waals surface area contributed by atoms with Gasteiger partial charge >= 0.3 is 0 Å². The Hall–Kier alpha value is -2.83. The van der Waals surface area contributed by atoms with Crippen LogP contribution in [0.2, 0.25) is 0 Å². The zero-order chi connectivity index (χ0) is 19.1. The predicted octanol–water partition coefficient (Wildman–Crippen LogP) is 2.77. The van der Waals surface area contributed by atoms with Gasteiger partial charge in [-0.3, -0.25) is 4.79 Å². The van der Waals surface area contributed by atoms with Gasteiger partial charge in [-0.15, -0.1) is 0 Å². The van der Waals surface area contributed by atoms with E-state index in [-0.39, 0.29) is 5.91 Å². The van der Waals surface area contributed by atoms with Gasteiger partial charge in [0.2, 0.25) is 5.95 Å². The topological polar surface area (TPSA) is 76.6 Å². The molecule has 27 heavy (non-hydrogen) atoms. The van der Waals surface area contributed by atoms with Crippen LogP contribution in [0.15, 0.2) is 30.6 Å². The minimum Gasteiger partial charge on any atom is -0.493 e. The Morgan fingerprint density at radius 2 is 1.78 bits per heavy atom. The van der Waals surface area contributed by atoms with Crippen molar-refractivity contribution in [1.29, 1.82) is 0 Å². The van der Waals surface area contributed by atoms with Crippen molar-refractivity contribution in [1.82, 2.24) is 14.9 Å². The van der Waals surface area contributed by atoms with Crippen molar-refractivity contribution in [2.45, 2.75) is 25.7 Å². The van der Waals surface area contributed by atoms with Crippen LogP contribution in [0.5, 0.6) is 11.5 Å². The van der Waals surface area contributed by atoms with Crippen LogP contribution in [0.1, 0.15) is 35.2 Å². The Balaban J connectivity index is 1.52. The summed E-state index contributed by atoms with van der Waals surface area (Å²) in [5, 5.41) is 3.19. The van der Waals surface area contributed by atoms with E-state index in [0.717, 1.165) is 37.9 Å². The molecule has 2 heterocycles. The lowest BCUT2D eigenvalue weighted by Crippen LogP contribution is -2.35. The van der Waals surface area contributed by atoms with Gasteiger partial charge in [-0.1, -0.05) is 6.07 Å². The molecule has 1 amide bonds. The number of anilines is 1. The van der Waals surface area contributed by atoms with Gasteiger partial charge in [-0.05, 0) is 43.4 Å². The van der Waals surface area contributed by atoms with Crippen LogP contribution in [0.3, 0.4) is 0 Å². The van der Waals surface area contributed by atoms with E-state index in [1.807, 2.05) is 23.1 Å². The SMILES string of the molecule is COc1ccc(CCNc2ncc(C(=O)N3CCCCC3)cn2)cc1OC. The average molecular weight is 370 g/mol. The Bertz CT molecular complexity index is 758. The molecule has 1 aliphatic rings. The minimum atomic E-state index is 0.0200. The van der Waals surface area contributed by atoms with E-state index in [4.69, 9.17) is 9.47 Å². The van der Waals surface area contributed by atoms with Crippen molar-refractivity contribution in [3.8, 4) is 11.5 Å². The number of nitrogens with zero attached hydrogens (tertiary/aromatic N) is 3. The van der Waals surface area contributed by atoms with Crippen molar-refractivity contribution in [3.63, 3.8) is 0 Å². The van der Waals surface area contributed by atoms with Crippen LogP contribution in [-0.4, -0.2) is 54.6 Å². The quantitative estimate of drug-likeness (QED) is 0.808. The minimum absolute atomic E-state index is 0.0200. The molecule has 7 heteroatoms. The summed E-state index contributed by atoms with van der Waals surface area (Å²) in [6.45, 7) is 2.32. The summed E-state index contributed by atoms with van der Waals surface area (Å²) in [4.78, 5) is 22.9. The number of rotatable bonds is 7. The smallest absolute Gasteiger partial charge is 0.256 e. The molecule has 144 valence electrons. The summed E-state index contributed by atoms with van der Waals surface area (Å²) < 4.78 is 10.6. The number of nitrogens with one attached hydrogen (secondary N) is 1. The standard InChI is InChI=1S/C20H26N4O3/c1-26-17-7-6-15(12-18(17)27-2)8-9-21-20-22-13-16(14-23-20)19(25)24-10-4-3-5-11-24/h6-7,12-14H,3-5,8-11H2,1-2H3,(H,21,22,23). The molecule has 0 radical (unpaired) electrons. The highest BCUT2D eigenvalue weighted by Crippen LogP contribution is 2.27. The second-order valence-corrected chi connectivity index (χ2v) is 6.51. The molecule has 0 saturated carbocycles. The molecule has 1 aromatic carbocycles. The molecule has 1 aliphatic heterocycles. The summed E-state index contributed by atoms with van der Waals surface area (Å²) in [7, 11) is 3.25. The maximum Gasteiger partial charge on any atom is 0.256 e. The normalized spacial score (nSPS) is 13.9. The highest BCUT2D eigenvalue weighted by atomic mass is 16.5.